The van der Waals surface area contributed by atoms with Gasteiger partial charge in [0.15, 0.2) is 0 Å². The number of quaternary nitrogens is 1. The van der Waals surface area contributed by atoms with Gasteiger partial charge in [-0.15, -0.1) is 0 Å². The zero-order valence-electron chi connectivity index (χ0n) is 19.4. The molecule has 0 fully saturated rings. The SMILES string of the molecule is CN(Cc1c2ccccc2c(C[N@@+]2(C)Cc3ccccc3[B-]2(O)O)c2ccccc12)C(=O)CBr. The topological polar surface area (TPSA) is 60.8 Å². The molecule has 0 bridgehead atoms. The number of fused-ring (bicyclic) bond motifs is 3. The summed E-state index contributed by atoms with van der Waals surface area (Å²) in [4.78, 5) is 14.1. The lowest BCUT2D eigenvalue weighted by molar-refractivity contribution is -0.850. The van der Waals surface area contributed by atoms with Gasteiger partial charge in [-0.05, 0) is 32.7 Å². The molecule has 4 aromatic carbocycles. The standard InChI is InChI=1S/C27H28BBrN2O3/c1-30(27(32)15-29)16-24-20-10-4-6-12-22(20)25(23-13-7-5-11-21(23)24)18-31(2)17-19-9-3-8-14-26(19)28(31,33)34/h3-14,33-34H,15-18H2,1-2H3/t31-/m1/s1. The first kappa shape index (κ1) is 23.1. The second kappa shape index (κ2) is 8.50. The summed E-state index contributed by atoms with van der Waals surface area (Å²) in [6.45, 7) is -1.26. The Morgan fingerprint density at radius 3 is 1.94 bits per heavy atom. The summed E-state index contributed by atoms with van der Waals surface area (Å²) in [6.07, 6.45) is 0. The normalized spacial score (nSPS) is 18.9. The highest BCUT2D eigenvalue weighted by Gasteiger charge is 2.51. The van der Waals surface area contributed by atoms with Crippen LogP contribution < -0.4 is 5.46 Å². The van der Waals surface area contributed by atoms with Crippen LogP contribution in [0, 0.1) is 0 Å². The number of rotatable bonds is 5. The van der Waals surface area contributed by atoms with E-state index < -0.39 is 6.69 Å². The summed E-state index contributed by atoms with van der Waals surface area (Å²) >= 11 is 3.28. The first-order valence-electron chi connectivity index (χ1n) is 11.5. The fraction of sp³-hybridized carbons (Fsp3) is 0.222. The van der Waals surface area contributed by atoms with E-state index in [2.05, 4.69) is 40.2 Å². The molecule has 0 aliphatic carbocycles. The maximum absolute atomic E-state index is 12.3. The third-order valence-electron chi connectivity index (χ3n) is 7.48. The number of hydrogen-bond acceptors (Lipinski definition) is 3. The van der Waals surface area contributed by atoms with E-state index in [1.54, 1.807) is 4.90 Å². The minimum absolute atomic E-state index is 0.0261. The lowest BCUT2D eigenvalue weighted by Gasteiger charge is -2.46. The van der Waals surface area contributed by atoms with E-state index in [1.807, 2.05) is 62.6 Å². The highest BCUT2D eigenvalue weighted by atomic mass is 79.9. The second-order valence-electron chi connectivity index (χ2n) is 9.66. The van der Waals surface area contributed by atoms with E-state index in [0.717, 1.165) is 38.2 Å². The Bertz CT molecular complexity index is 1370. The van der Waals surface area contributed by atoms with Crippen molar-refractivity contribution in [2.24, 2.45) is 0 Å². The molecule has 0 saturated heterocycles. The molecule has 1 amide bonds. The molecule has 7 heteroatoms. The van der Waals surface area contributed by atoms with Crippen LogP contribution in [0.25, 0.3) is 21.5 Å². The Hall–Kier alpha value is -2.71. The summed E-state index contributed by atoms with van der Waals surface area (Å²) in [6, 6.07) is 24.1. The molecule has 1 aliphatic rings. The molecule has 34 heavy (non-hydrogen) atoms. The molecule has 0 aromatic heterocycles. The first-order chi connectivity index (χ1) is 16.3. The number of amides is 1. The average molecular weight is 519 g/mol. The fourth-order valence-electron chi connectivity index (χ4n) is 5.53. The maximum atomic E-state index is 12.3. The van der Waals surface area contributed by atoms with E-state index in [9.17, 15) is 14.8 Å². The highest BCUT2D eigenvalue weighted by Crippen LogP contribution is 2.38. The van der Waals surface area contributed by atoms with E-state index in [-0.39, 0.29) is 15.6 Å². The third-order valence-corrected chi connectivity index (χ3v) is 7.96. The Kier molecular flexibility index (Phi) is 5.77. The largest absolute Gasteiger partial charge is 0.524 e. The van der Waals surface area contributed by atoms with Crippen LogP contribution in [0.3, 0.4) is 0 Å². The minimum Gasteiger partial charge on any atom is -0.524 e. The van der Waals surface area contributed by atoms with Gasteiger partial charge in [0.05, 0.1) is 18.4 Å². The van der Waals surface area contributed by atoms with Gasteiger partial charge in [-0.2, -0.15) is 0 Å². The first-order valence-corrected chi connectivity index (χ1v) is 12.6. The molecule has 1 atom stereocenters. The second-order valence-corrected chi connectivity index (χ2v) is 10.2. The van der Waals surface area contributed by atoms with Gasteiger partial charge < -0.3 is 19.3 Å². The number of halogens is 1. The smallest absolute Gasteiger partial charge is 0.498 e. The Morgan fingerprint density at radius 1 is 0.912 bits per heavy atom. The van der Waals surface area contributed by atoms with Gasteiger partial charge in [-0.3, -0.25) is 4.79 Å². The number of carbonyl (C=O) groups is 1. The molecule has 1 aliphatic heterocycles. The van der Waals surface area contributed by atoms with Crippen LogP contribution in [-0.4, -0.2) is 51.4 Å². The zero-order chi connectivity index (χ0) is 24.1. The van der Waals surface area contributed by atoms with Gasteiger partial charge in [0.1, 0.15) is 0 Å². The van der Waals surface area contributed by atoms with E-state index in [0.29, 0.717) is 25.1 Å². The van der Waals surface area contributed by atoms with Crippen LogP contribution in [0.1, 0.15) is 16.7 Å². The summed E-state index contributed by atoms with van der Waals surface area (Å²) < 4.78 is 0.106. The monoisotopic (exact) mass is 518 g/mol. The predicted molar refractivity (Wildman–Crippen MR) is 142 cm³/mol. The van der Waals surface area contributed by atoms with Gasteiger partial charge >= 0.3 is 6.69 Å². The third kappa shape index (κ3) is 3.55. The lowest BCUT2D eigenvalue weighted by atomic mass is 9.62. The Labute approximate surface area is 207 Å². The van der Waals surface area contributed by atoms with Gasteiger partial charge in [-0.25, -0.2) is 0 Å². The van der Waals surface area contributed by atoms with Crippen LogP contribution in [-0.2, 0) is 24.4 Å². The Morgan fingerprint density at radius 2 is 1.41 bits per heavy atom. The summed E-state index contributed by atoms with van der Waals surface area (Å²) in [5.74, 6) is 0.0261. The van der Waals surface area contributed by atoms with Crippen molar-refractivity contribution in [3.8, 4) is 0 Å². The number of carbonyl (C=O) groups excluding carboxylic acids is 1. The van der Waals surface area contributed by atoms with Gasteiger partial charge in [0.25, 0.3) is 0 Å². The number of alkyl halides is 1. The van der Waals surface area contributed by atoms with Gasteiger partial charge in [0, 0.05) is 26.2 Å². The lowest BCUT2D eigenvalue weighted by Crippen LogP contribution is -2.67. The van der Waals surface area contributed by atoms with Crippen molar-refractivity contribution in [3.05, 3.63) is 89.5 Å². The molecule has 0 saturated carbocycles. The van der Waals surface area contributed by atoms with Crippen molar-refractivity contribution in [2.75, 3.05) is 19.4 Å². The fourth-order valence-corrected chi connectivity index (χ4v) is 5.96. The van der Waals surface area contributed by atoms with Crippen LogP contribution in [0.15, 0.2) is 72.8 Å². The molecule has 2 N–H and O–H groups in total. The van der Waals surface area contributed by atoms with Crippen molar-refractivity contribution in [1.82, 2.24) is 4.90 Å². The summed E-state index contributed by atoms with van der Waals surface area (Å²) in [7, 11) is 3.75. The molecular formula is C27H28BBrN2O3. The number of hydrogen-bond donors (Lipinski definition) is 2. The average Bonchev–Trinajstić information content (AvgIpc) is 3.05. The van der Waals surface area contributed by atoms with E-state index in [1.165, 1.54) is 0 Å². The zero-order valence-corrected chi connectivity index (χ0v) is 21.0. The van der Waals surface area contributed by atoms with Crippen molar-refractivity contribution in [2.45, 2.75) is 19.6 Å². The molecule has 1 heterocycles. The highest BCUT2D eigenvalue weighted by molar-refractivity contribution is 9.09. The molecule has 174 valence electrons. The van der Waals surface area contributed by atoms with Crippen molar-refractivity contribution in [1.29, 1.82) is 0 Å². The molecular weight excluding hydrogens is 491 g/mol. The van der Waals surface area contributed by atoms with E-state index >= 15 is 0 Å². The van der Waals surface area contributed by atoms with Crippen LogP contribution in [0.5, 0.6) is 0 Å². The van der Waals surface area contributed by atoms with Crippen molar-refractivity contribution < 1.29 is 19.2 Å². The molecule has 0 unspecified atom stereocenters. The minimum atomic E-state index is -2.78. The number of nitrogens with zero attached hydrogens (tertiary/aromatic N) is 2. The number of benzene rings is 4. The quantitative estimate of drug-likeness (QED) is 0.241. The molecule has 4 aromatic rings. The maximum Gasteiger partial charge on any atom is 0.498 e. The van der Waals surface area contributed by atoms with Crippen LogP contribution in [0.4, 0.5) is 0 Å². The molecule has 5 nitrogen and oxygen atoms in total. The van der Waals surface area contributed by atoms with Crippen LogP contribution in [0.2, 0.25) is 0 Å². The molecule has 0 spiro atoms. The summed E-state index contributed by atoms with van der Waals surface area (Å²) in [5.41, 5.74) is 3.80. The summed E-state index contributed by atoms with van der Waals surface area (Å²) in [5, 5.41) is 27.4. The Balaban J connectivity index is 1.70. The van der Waals surface area contributed by atoms with Crippen molar-refractivity contribution >= 4 is 55.5 Å². The predicted octanol–water partition coefficient (Wildman–Crippen LogP) is 3.64. The van der Waals surface area contributed by atoms with Crippen LogP contribution >= 0.6 is 15.9 Å². The van der Waals surface area contributed by atoms with Gasteiger partial charge in [-0.1, -0.05) is 94.2 Å². The molecule has 5 rings (SSSR count). The van der Waals surface area contributed by atoms with E-state index in [4.69, 9.17) is 0 Å². The molecule has 0 radical (unpaired) electrons. The van der Waals surface area contributed by atoms with Gasteiger partial charge in [0.2, 0.25) is 5.91 Å². The van der Waals surface area contributed by atoms with Crippen molar-refractivity contribution in [3.63, 3.8) is 0 Å².